The van der Waals surface area contributed by atoms with Gasteiger partial charge in [-0.25, -0.2) is 0 Å². The van der Waals surface area contributed by atoms with E-state index in [-0.39, 0.29) is 11.9 Å². The lowest BCUT2D eigenvalue weighted by Gasteiger charge is -2.11. The Morgan fingerprint density at radius 3 is 2.67 bits per heavy atom. The first-order chi connectivity index (χ1) is 4.10. The van der Waals surface area contributed by atoms with Crippen molar-refractivity contribution in [1.29, 1.82) is 0 Å². The van der Waals surface area contributed by atoms with Crippen molar-refractivity contribution in [1.82, 2.24) is 0 Å². The highest BCUT2D eigenvalue weighted by atomic mass is 31.2. The number of carbonyl (C=O) groups excluding carboxylic acids is 1. The summed E-state index contributed by atoms with van der Waals surface area (Å²) in [6, 6.07) is 0. The molecule has 0 aliphatic carbocycles. The van der Waals surface area contributed by atoms with E-state index in [1.54, 1.807) is 12.7 Å². The predicted molar refractivity (Wildman–Crippen MR) is 37.4 cm³/mol. The van der Waals surface area contributed by atoms with Gasteiger partial charge in [0.05, 0.1) is 13.3 Å². The highest BCUT2D eigenvalue weighted by Gasteiger charge is 2.20. The molecule has 0 radical (unpaired) electrons. The van der Waals surface area contributed by atoms with Crippen LogP contribution in [0.3, 0.4) is 0 Å². The molecule has 9 heavy (non-hydrogen) atoms. The van der Waals surface area contributed by atoms with E-state index in [9.17, 15) is 9.36 Å². The molecule has 0 aromatic carbocycles. The van der Waals surface area contributed by atoms with Crippen LogP contribution in [0.1, 0.15) is 0 Å². The maximum absolute atomic E-state index is 11.2. The predicted octanol–water partition coefficient (Wildman–Crippen LogP) is 1.12. The van der Waals surface area contributed by atoms with Crippen LogP contribution in [0.5, 0.6) is 0 Å². The highest BCUT2D eigenvalue weighted by molar-refractivity contribution is 7.64. The minimum Gasteiger partial charge on any atom is -0.323 e. The molecule has 1 unspecified atom stereocenters. The molecule has 1 heterocycles. The zero-order chi connectivity index (χ0) is 6.91. The minimum atomic E-state index is -2.08. The third-order valence-corrected chi connectivity index (χ3v) is 3.25. The molecule has 0 saturated carbocycles. The molecule has 0 spiro atoms. The summed E-state index contributed by atoms with van der Waals surface area (Å²) in [6.07, 6.45) is 4.08. The molecular weight excluding hydrogens is 135 g/mol. The molecular formula is C6H9O2P. The lowest BCUT2D eigenvalue weighted by Crippen LogP contribution is -2.07. The summed E-state index contributed by atoms with van der Waals surface area (Å²) < 4.78 is 11.2. The molecule has 50 valence electrons. The van der Waals surface area contributed by atoms with E-state index >= 15 is 0 Å². The summed E-state index contributed by atoms with van der Waals surface area (Å²) >= 11 is 0. The van der Waals surface area contributed by atoms with Gasteiger partial charge in [-0.2, -0.15) is 0 Å². The molecule has 1 rings (SSSR count). The summed E-state index contributed by atoms with van der Waals surface area (Å²) in [5.74, 6) is 0.00656. The Balaban J connectivity index is 2.81. The number of allylic oxidation sites excluding steroid dienone is 2. The first-order valence-electron chi connectivity index (χ1n) is 2.85. The van der Waals surface area contributed by atoms with E-state index in [0.29, 0.717) is 6.16 Å². The SMILES string of the molecule is CP1(=O)CC=CC(=O)C1. The first kappa shape index (κ1) is 6.76. The smallest absolute Gasteiger partial charge is 0.162 e. The van der Waals surface area contributed by atoms with Crippen LogP contribution in [0.2, 0.25) is 0 Å². The van der Waals surface area contributed by atoms with Crippen LogP contribution in [-0.2, 0) is 9.36 Å². The average Bonchev–Trinajstić information content (AvgIpc) is 1.60. The minimum absolute atomic E-state index is 0.00656. The maximum atomic E-state index is 11.2. The highest BCUT2D eigenvalue weighted by Crippen LogP contribution is 2.42. The van der Waals surface area contributed by atoms with Gasteiger partial charge in [0.15, 0.2) is 5.78 Å². The molecule has 1 atom stereocenters. The van der Waals surface area contributed by atoms with E-state index in [1.165, 1.54) is 6.08 Å². The Kier molecular flexibility index (Phi) is 1.58. The third-order valence-electron chi connectivity index (χ3n) is 1.29. The molecule has 0 fully saturated rings. The van der Waals surface area contributed by atoms with E-state index < -0.39 is 7.14 Å². The van der Waals surface area contributed by atoms with Crippen molar-refractivity contribution in [3.63, 3.8) is 0 Å². The van der Waals surface area contributed by atoms with Crippen molar-refractivity contribution in [3.05, 3.63) is 12.2 Å². The largest absolute Gasteiger partial charge is 0.323 e. The molecule has 1 aliphatic heterocycles. The van der Waals surface area contributed by atoms with Crippen molar-refractivity contribution >= 4 is 12.9 Å². The number of hydrogen-bond acceptors (Lipinski definition) is 2. The van der Waals surface area contributed by atoms with Crippen molar-refractivity contribution < 1.29 is 9.36 Å². The van der Waals surface area contributed by atoms with Crippen molar-refractivity contribution in [2.75, 3.05) is 19.0 Å². The molecule has 2 nitrogen and oxygen atoms in total. The topological polar surface area (TPSA) is 34.1 Å². The van der Waals surface area contributed by atoms with Gasteiger partial charge < -0.3 is 4.57 Å². The van der Waals surface area contributed by atoms with Gasteiger partial charge in [-0.1, -0.05) is 6.08 Å². The second-order valence-electron chi connectivity index (χ2n) is 2.51. The van der Waals surface area contributed by atoms with Crippen LogP contribution >= 0.6 is 7.14 Å². The summed E-state index contributed by atoms with van der Waals surface area (Å²) in [5.41, 5.74) is 0. The summed E-state index contributed by atoms with van der Waals surface area (Å²) in [4.78, 5) is 10.6. The van der Waals surface area contributed by atoms with Crippen LogP contribution < -0.4 is 0 Å². The fraction of sp³-hybridized carbons (Fsp3) is 0.500. The van der Waals surface area contributed by atoms with E-state index in [4.69, 9.17) is 0 Å². The Morgan fingerprint density at radius 2 is 2.33 bits per heavy atom. The molecule has 1 aliphatic rings. The van der Waals surface area contributed by atoms with E-state index in [1.807, 2.05) is 0 Å². The summed E-state index contributed by atoms with van der Waals surface area (Å²) in [6.45, 7) is 1.67. The van der Waals surface area contributed by atoms with Crippen LogP contribution in [-0.4, -0.2) is 24.8 Å². The van der Waals surface area contributed by atoms with Crippen LogP contribution in [0, 0.1) is 0 Å². The molecule has 0 amide bonds. The van der Waals surface area contributed by atoms with Gasteiger partial charge in [-0.15, -0.1) is 0 Å². The Labute approximate surface area is 54.3 Å². The third kappa shape index (κ3) is 1.79. The molecule has 0 bridgehead atoms. The van der Waals surface area contributed by atoms with Crippen LogP contribution in [0.25, 0.3) is 0 Å². The Morgan fingerprint density at radius 1 is 1.67 bits per heavy atom. The first-order valence-corrected chi connectivity index (χ1v) is 5.37. The fourth-order valence-corrected chi connectivity index (χ4v) is 2.30. The summed E-state index contributed by atoms with van der Waals surface area (Å²) in [5, 5.41) is 0. The zero-order valence-corrected chi connectivity index (χ0v) is 6.23. The molecule has 3 heteroatoms. The van der Waals surface area contributed by atoms with Gasteiger partial charge >= 0.3 is 0 Å². The maximum Gasteiger partial charge on any atom is 0.162 e. The van der Waals surface area contributed by atoms with Gasteiger partial charge in [0.2, 0.25) is 0 Å². The quantitative estimate of drug-likeness (QED) is 0.477. The van der Waals surface area contributed by atoms with Gasteiger partial charge in [-0.05, 0) is 12.7 Å². The van der Waals surface area contributed by atoms with Crippen LogP contribution in [0.15, 0.2) is 12.2 Å². The molecule has 0 aromatic heterocycles. The number of rotatable bonds is 0. The second-order valence-corrected chi connectivity index (χ2v) is 5.78. The van der Waals surface area contributed by atoms with Gasteiger partial charge in [0.25, 0.3) is 0 Å². The number of hydrogen-bond donors (Lipinski definition) is 0. The van der Waals surface area contributed by atoms with E-state index in [2.05, 4.69) is 0 Å². The van der Waals surface area contributed by atoms with Crippen LogP contribution in [0.4, 0.5) is 0 Å². The van der Waals surface area contributed by atoms with Gasteiger partial charge in [0.1, 0.15) is 0 Å². The van der Waals surface area contributed by atoms with E-state index in [0.717, 1.165) is 0 Å². The molecule has 0 N–H and O–H groups in total. The summed E-state index contributed by atoms with van der Waals surface area (Å²) in [7, 11) is -2.08. The lowest BCUT2D eigenvalue weighted by atomic mass is 10.4. The van der Waals surface area contributed by atoms with Crippen molar-refractivity contribution in [2.24, 2.45) is 0 Å². The molecule has 0 aromatic rings. The van der Waals surface area contributed by atoms with Gasteiger partial charge in [0, 0.05) is 6.16 Å². The van der Waals surface area contributed by atoms with Crippen molar-refractivity contribution in [3.8, 4) is 0 Å². The second kappa shape index (κ2) is 2.11. The standard InChI is InChI=1S/C6H9O2P/c1-9(8)4-2-3-6(7)5-9/h2-3H,4-5H2,1H3. The lowest BCUT2D eigenvalue weighted by molar-refractivity contribution is -0.112. The number of carbonyl (C=O) groups is 1. The van der Waals surface area contributed by atoms with Crippen molar-refractivity contribution in [2.45, 2.75) is 0 Å². The van der Waals surface area contributed by atoms with Gasteiger partial charge in [-0.3, -0.25) is 4.79 Å². The average molecular weight is 144 g/mol. The Bertz CT molecular complexity index is 205. The number of ketones is 1. The zero-order valence-electron chi connectivity index (χ0n) is 5.33. The monoisotopic (exact) mass is 144 g/mol. The molecule has 0 saturated heterocycles. The Hall–Kier alpha value is -0.360. The normalized spacial score (nSPS) is 35.0. The fourth-order valence-electron chi connectivity index (χ4n) is 0.854.